The van der Waals surface area contributed by atoms with Gasteiger partial charge in [-0.15, -0.1) is 6.58 Å². The summed E-state index contributed by atoms with van der Waals surface area (Å²) in [5.41, 5.74) is 11.6. The highest BCUT2D eigenvalue weighted by atomic mass is 19.1. The molecule has 0 spiro atoms. The lowest BCUT2D eigenvalue weighted by molar-refractivity contribution is -0.126. The molecule has 4 heterocycles. The number of alkyl halides is 1. The van der Waals surface area contributed by atoms with Gasteiger partial charge in [0.05, 0.1) is 23.6 Å². The SMILES string of the molecule is C=CCC1(F)CCCC(C/C=C/C(=O)N2CCN(c3c(C#N)c(OCC4CCCN4C)nc4c3CCN(c3c(C)ccc(N)c3C=N)C4)CC2)C1. The molecule has 272 valence electrons. The number of hydrogen-bond acceptors (Lipinski definition) is 9. The predicted octanol–water partition coefficient (Wildman–Crippen LogP) is 5.95. The number of ether oxygens (including phenoxy) is 1. The largest absolute Gasteiger partial charge is 0.475 e. The predicted molar refractivity (Wildman–Crippen MR) is 201 cm³/mol. The number of piperazine rings is 1. The van der Waals surface area contributed by atoms with Crippen LogP contribution in [0.15, 0.2) is 36.9 Å². The van der Waals surface area contributed by atoms with E-state index in [0.29, 0.717) is 101 Å². The minimum atomic E-state index is -1.17. The fraction of sp³-hybridized carbons (Fsp3) is 0.550. The van der Waals surface area contributed by atoms with Crippen molar-refractivity contribution in [2.75, 3.05) is 68.5 Å². The third kappa shape index (κ3) is 7.91. The van der Waals surface area contributed by atoms with Gasteiger partial charge >= 0.3 is 0 Å². The second kappa shape index (κ2) is 15.9. The number of rotatable bonds is 11. The van der Waals surface area contributed by atoms with Crippen molar-refractivity contribution in [2.24, 2.45) is 5.92 Å². The molecule has 3 fully saturated rings. The van der Waals surface area contributed by atoms with Crippen LogP contribution in [-0.2, 0) is 17.8 Å². The number of allylic oxidation sites excluding steroid dienone is 2. The van der Waals surface area contributed by atoms with Crippen molar-refractivity contribution in [3.63, 3.8) is 0 Å². The molecule has 2 saturated heterocycles. The molecule has 1 saturated carbocycles. The number of pyridine rings is 1. The summed E-state index contributed by atoms with van der Waals surface area (Å²) < 4.78 is 21.5. The molecule has 10 nitrogen and oxygen atoms in total. The van der Waals surface area contributed by atoms with Crippen LogP contribution in [0.5, 0.6) is 5.88 Å². The van der Waals surface area contributed by atoms with Crippen molar-refractivity contribution in [1.29, 1.82) is 10.7 Å². The maximum absolute atomic E-state index is 15.1. The zero-order valence-corrected chi connectivity index (χ0v) is 30.3. The van der Waals surface area contributed by atoms with E-state index in [1.54, 1.807) is 12.2 Å². The quantitative estimate of drug-likeness (QED) is 0.128. The number of nitrogens with one attached hydrogen (secondary N) is 1. The lowest BCUT2D eigenvalue weighted by Crippen LogP contribution is -2.49. The molecule has 0 bridgehead atoms. The van der Waals surface area contributed by atoms with Crippen molar-refractivity contribution < 1.29 is 13.9 Å². The van der Waals surface area contributed by atoms with Crippen LogP contribution in [0.25, 0.3) is 0 Å². The van der Waals surface area contributed by atoms with Gasteiger partial charge in [0, 0.05) is 61.8 Å². The van der Waals surface area contributed by atoms with Gasteiger partial charge in [-0.2, -0.15) is 5.26 Å². The van der Waals surface area contributed by atoms with E-state index in [1.165, 1.54) is 6.21 Å². The number of anilines is 3. The van der Waals surface area contributed by atoms with Crippen LogP contribution >= 0.6 is 0 Å². The molecule has 11 heteroatoms. The molecule has 4 aliphatic rings. The Labute approximate surface area is 302 Å². The molecular weight excluding hydrogens is 643 g/mol. The van der Waals surface area contributed by atoms with E-state index >= 15 is 4.39 Å². The molecule has 0 radical (unpaired) electrons. The summed E-state index contributed by atoms with van der Waals surface area (Å²) in [6.45, 7) is 10.7. The Bertz CT molecular complexity index is 1700. The van der Waals surface area contributed by atoms with E-state index in [2.05, 4.69) is 34.4 Å². The number of carbonyl (C=O) groups excluding carboxylic acids is 1. The lowest BCUT2D eigenvalue weighted by Gasteiger charge is -2.39. The average Bonchev–Trinajstić information content (AvgIpc) is 3.54. The summed E-state index contributed by atoms with van der Waals surface area (Å²) in [5, 5.41) is 18.7. The van der Waals surface area contributed by atoms with E-state index in [1.807, 2.05) is 30.0 Å². The molecule has 1 aromatic heterocycles. The van der Waals surface area contributed by atoms with Crippen LogP contribution in [-0.4, -0.2) is 91.5 Å². The number of hydrogen-bond donors (Lipinski definition) is 2. The topological polar surface area (TPSA) is 126 Å². The van der Waals surface area contributed by atoms with E-state index < -0.39 is 5.67 Å². The second-order valence-corrected chi connectivity index (χ2v) is 14.9. The number of likely N-dealkylation sites (tertiary alicyclic amines) is 1. The number of carbonyl (C=O) groups is 1. The first-order valence-corrected chi connectivity index (χ1v) is 18.6. The number of nitrogens with zero attached hydrogens (tertiary/aromatic N) is 6. The highest BCUT2D eigenvalue weighted by Gasteiger charge is 2.35. The van der Waals surface area contributed by atoms with Crippen LogP contribution < -0.4 is 20.3 Å². The first-order valence-electron chi connectivity index (χ1n) is 18.6. The first kappa shape index (κ1) is 36.4. The lowest BCUT2D eigenvalue weighted by atomic mass is 9.76. The number of benzene rings is 1. The van der Waals surface area contributed by atoms with Gasteiger partial charge in [-0.3, -0.25) is 4.79 Å². The van der Waals surface area contributed by atoms with Crippen molar-refractivity contribution in [1.82, 2.24) is 14.8 Å². The molecule has 1 aliphatic carbocycles. The highest BCUT2D eigenvalue weighted by Crippen LogP contribution is 2.41. The number of nitrogens with two attached hydrogens (primary N) is 1. The minimum Gasteiger partial charge on any atom is -0.475 e. The van der Waals surface area contributed by atoms with Gasteiger partial charge in [-0.25, -0.2) is 9.37 Å². The molecule has 2 aromatic rings. The molecule has 6 rings (SSSR count). The Morgan fingerprint density at radius 1 is 1.18 bits per heavy atom. The minimum absolute atomic E-state index is 0.0276. The molecule has 3 atom stereocenters. The van der Waals surface area contributed by atoms with Gasteiger partial charge in [0.25, 0.3) is 0 Å². The van der Waals surface area contributed by atoms with E-state index in [-0.39, 0.29) is 17.9 Å². The summed E-state index contributed by atoms with van der Waals surface area (Å²) >= 11 is 0. The van der Waals surface area contributed by atoms with Crippen molar-refractivity contribution in [2.45, 2.75) is 83.0 Å². The van der Waals surface area contributed by atoms with Gasteiger partial charge in [-0.05, 0) is 102 Å². The third-order valence-electron chi connectivity index (χ3n) is 11.4. The van der Waals surface area contributed by atoms with Gasteiger partial charge in [0.2, 0.25) is 11.8 Å². The Kier molecular flexibility index (Phi) is 11.3. The Morgan fingerprint density at radius 2 is 1.98 bits per heavy atom. The van der Waals surface area contributed by atoms with E-state index in [4.69, 9.17) is 20.9 Å². The summed E-state index contributed by atoms with van der Waals surface area (Å²) in [6.07, 6.45) is 13.5. The number of amides is 1. The molecule has 51 heavy (non-hydrogen) atoms. The molecule has 3 N–H and O–H groups in total. The number of fused-ring (bicyclic) bond motifs is 1. The maximum Gasteiger partial charge on any atom is 0.246 e. The second-order valence-electron chi connectivity index (χ2n) is 14.9. The maximum atomic E-state index is 15.1. The molecule has 1 amide bonds. The molecule has 3 unspecified atom stereocenters. The summed E-state index contributed by atoms with van der Waals surface area (Å²) in [5.74, 6) is 0.577. The molecule has 3 aliphatic heterocycles. The van der Waals surface area contributed by atoms with Crippen LogP contribution in [0.3, 0.4) is 0 Å². The van der Waals surface area contributed by atoms with Crippen LogP contribution in [0.1, 0.15) is 79.3 Å². The third-order valence-corrected chi connectivity index (χ3v) is 11.4. The zero-order chi connectivity index (χ0) is 36.1. The van der Waals surface area contributed by atoms with Gasteiger partial charge < -0.3 is 35.5 Å². The number of aromatic nitrogens is 1. The molecule has 1 aromatic carbocycles. The average molecular weight is 697 g/mol. The van der Waals surface area contributed by atoms with Crippen molar-refractivity contribution >= 4 is 29.2 Å². The Morgan fingerprint density at radius 3 is 2.69 bits per heavy atom. The monoisotopic (exact) mass is 696 g/mol. The Balaban J connectivity index is 1.20. The van der Waals surface area contributed by atoms with Gasteiger partial charge in [0.1, 0.15) is 23.9 Å². The van der Waals surface area contributed by atoms with E-state index in [9.17, 15) is 10.1 Å². The summed E-state index contributed by atoms with van der Waals surface area (Å²) in [4.78, 5) is 26.9. The van der Waals surface area contributed by atoms with Crippen LogP contribution in [0.4, 0.5) is 21.5 Å². The zero-order valence-electron chi connectivity index (χ0n) is 30.3. The van der Waals surface area contributed by atoms with Crippen LogP contribution in [0.2, 0.25) is 0 Å². The fourth-order valence-corrected chi connectivity index (χ4v) is 8.64. The normalized spacial score (nSPS) is 24.0. The van der Waals surface area contributed by atoms with Crippen molar-refractivity contribution in [3.8, 4) is 11.9 Å². The van der Waals surface area contributed by atoms with Crippen LogP contribution in [0, 0.1) is 29.6 Å². The smallest absolute Gasteiger partial charge is 0.246 e. The highest BCUT2D eigenvalue weighted by molar-refractivity contribution is 5.94. The number of nitriles is 1. The van der Waals surface area contributed by atoms with Gasteiger partial charge in [-0.1, -0.05) is 18.2 Å². The molecular formula is C40H53FN8O2. The standard InChI is InChI=1S/C40H53FN8O2/c1-4-15-40(41)16-6-9-29(23-40)8-5-11-36(50)47-19-21-48(22-20-47)38-31-14-18-49(37-28(2)12-13-34(44)32(37)24-42)26-35(31)45-39(33(38)25-43)51-27-30-10-7-17-46(30)3/h4-5,11-13,24,29-30,42H,1,6-10,14-23,26-27,44H2,2-3H3/b11-5+,42-24?. The van der Waals surface area contributed by atoms with Gasteiger partial charge in [0.15, 0.2) is 0 Å². The number of halogens is 1. The Hall–Kier alpha value is -4.43. The first-order chi connectivity index (χ1) is 24.6. The fourth-order valence-electron chi connectivity index (χ4n) is 8.64. The number of nitrogen functional groups attached to an aromatic ring is 1. The van der Waals surface area contributed by atoms with E-state index in [0.717, 1.165) is 60.4 Å². The summed E-state index contributed by atoms with van der Waals surface area (Å²) in [6, 6.07) is 6.56. The number of likely N-dealkylation sites (N-methyl/N-ethyl adjacent to an activating group) is 1. The summed E-state index contributed by atoms with van der Waals surface area (Å²) in [7, 11) is 2.11. The number of aryl methyl sites for hydroxylation is 1. The van der Waals surface area contributed by atoms with Crippen molar-refractivity contribution in [3.05, 3.63) is 64.9 Å².